The molecular weight excluding hydrogens is 377 g/mol. The van der Waals surface area contributed by atoms with E-state index in [0.29, 0.717) is 11.3 Å². The zero-order valence-corrected chi connectivity index (χ0v) is 12.8. The molecule has 0 aliphatic carbocycles. The van der Waals surface area contributed by atoms with E-state index in [9.17, 15) is 9.90 Å². The largest absolute Gasteiger partial charge is 0.477 e. The second-order valence-corrected chi connectivity index (χ2v) is 5.97. The lowest BCUT2D eigenvalue weighted by molar-refractivity contribution is 0.0687. The van der Waals surface area contributed by atoms with Gasteiger partial charge in [-0.25, -0.2) is 14.3 Å². The molecule has 0 unspecified atom stereocenters. The van der Waals surface area contributed by atoms with Gasteiger partial charge in [-0.15, -0.1) is 11.3 Å². The Morgan fingerprint density at radius 2 is 2.32 bits per heavy atom. The molecule has 1 N–H and O–H groups in total. The Labute approximate surface area is 126 Å². The van der Waals surface area contributed by atoms with E-state index in [1.54, 1.807) is 6.07 Å². The fraction of sp³-hybridized carbons (Fsp3) is 0.0833. The van der Waals surface area contributed by atoms with Crippen molar-refractivity contribution in [3.8, 4) is 10.6 Å². The number of hydrogen-bond acceptors (Lipinski definition) is 4. The van der Waals surface area contributed by atoms with Gasteiger partial charge in [-0.05, 0) is 47.0 Å². The van der Waals surface area contributed by atoms with E-state index in [2.05, 4.69) is 32.7 Å². The van der Waals surface area contributed by atoms with Crippen LogP contribution in [0.15, 0.2) is 23.6 Å². The van der Waals surface area contributed by atoms with E-state index in [1.165, 1.54) is 15.9 Å². The van der Waals surface area contributed by atoms with Crippen molar-refractivity contribution in [3.05, 3.63) is 38.5 Å². The average Bonchev–Trinajstić information content (AvgIpc) is 2.99. The minimum atomic E-state index is -1.01. The summed E-state index contributed by atoms with van der Waals surface area (Å²) in [5.74, 6) is -1.01. The summed E-state index contributed by atoms with van der Waals surface area (Å²) in [6, 6.07) is 5.40. The van der Waals surface area contributed by atoms with Crippen molar-refractivity contribution in [1.29, 1.82) is 0 Å². The standard InChI is InChI=1S/C12H8IN3O2S/c1-6-10(13)11-14-7(9-3-2-4-19-9)5-8(12(17)18)16(11)15-6/h2-5H,1H3,(H,17,18). The van der Waals surface area contributed by atoms with Gasteiger partial charge in [-0.3, -0.25) is 0 Å². The third kappa shape index (κ3) is 2.02. The van der Waals surface area contributed by atoms with Crippen LogP contribution < -0.4 is 0 Å². The molecular formula is C12H8IN3O2S. The predicted molar refractivity (Wildman–Crippen MR) is 80.7 cm³/mol. The van der Waals surface area contributed by atoms with Crippen LogP contribution in [0.1, 0.15) is 16.2 Å². The van der Waals surface area contributed by atoms with E-state index in [4.69, 9.17) is 0 Å². The molecule has 0 spiro atoms. The maximum absolute atomic E-state index is 11.4. The van der Waals surface area contributed by atoms with Gasteiger partial charge in [0.15, 0.2) is 11.3 Å². The SMILES string of the molecule is Cc1nn2c(C(=O)O)cc(-c3cccs3)nc2c1I. The highest BCUT2D eigenvalue weighted by Gasteiger charge is 2.18. The van der Waals surface area contributed by atoms with Crippen molar-refractivity contribution in [3.63, 3.8) is 0 Å². The van der Waals surface area contributed by atoms with Gasteiger partial charge >= 0.3 is 5.97 Å². The molecule has 0 atom stereocenters. The second-order valence-electron chi connectivity index (χ2n) is 3.94. The van der Waals surface area contributed by atoms with Crippen molar-refractivity contribution >= 4 is 45.5 Å². The van der Waals surface area contributed by atoms with Crippen LogP contribution in [-0.2, 0) is 0 Å². The van der Waals surface area contributed by atoms with Gasteiger partial charge in [0.2, 0.25) is 0 Å². The molecule has 0 radical (unpaired) electrons. The highest BCUT2D eigenvalue weighted by Crippen LogP contribution is 2.26. The monoisotopic (exact) mass is 385 g/mol. The molecule has 3 heterocycles. The molecule has 0 fully saturated rings. The van der Waals surface area contributed by atoms with E-state index in [0.717, 1.165) is 14.1 Å². The highest BCUT2D eigenvalue weighted by atomic mass is 127. The number of aryl methyl sites for hydroxylation is 1. The fourth-order valence-electron chi connectivity index (χ4n) is 1.80. The Hall–Kier alpha value is -1.48. The van der Waals surface area contributed by atoms with E-state index in [1.807, 2.05) is 24.4 Å². The van der Waals surface area contributed by atoms with Crippen LogP contribution in [0.2, 0.25) is 0 Å². The first-order valence-corrected chi connectivity index (χ1v) is 7.37. The number of halogens is 1. The predicted octanol–water partition coefficient (Wildman–Crippen LogP) is 3.07. The summed E-state index contributed by atoms with van der Waals surface area (Å²) < 4.78 is 2.26. The number of carboxylic acids is 1. The molecule has 0 amide bonds. The average molecular weight is 385 g/mol. The lowest BCUT2D eigenvalue weighted by atomic mass is 10.3. The topological polar surface area (TPSA) is 67.5 Å². The Kier molecular flexibility index (Phi) is 3.02. The van der Waals surface area contributed by atoms with Gasteiger partial charge in [0.1, 0.15) is 0 Å². The number of rotatable bonds is 2. The number of fused-ring (bicyclic) bond motifs is 1. The van der Waals surface area contributed by atoms with E-state index < -0.39 is 5.97 Å². The van der Waals surface area contributed by atoms with Gasteiger partial charge in [-0.1, -0.05) is 6.07 Å². The van der Waals surface area contributed by atoms with E-state index in [-0.39, 0.29) is 5.69 Å². The normalized spacial score (nSPS) is 11.1. The minimum Gasteiger partial charge on any atom is -0.477 e. The summed E-state index contributed by atoms with van der Waals surface area (Å²) in [5, 5.41) is 15.5. The smallest absolute Gasteiger partial charge is 0.354 e. The third-order valence-corrected chi connectivity index (χ3v) is 4.84. The number of hydrogen-bond donors (Lipinski definition) is 1. The number of carbonyl (C=O) groups is 1. The summed E-state index contributed by atoms with van der Waals surface area (Å²) in [5.41, 5.74) is 2.15. The molecule has 0 bridgehead atoms. The quantitative estimate of drug-likeness (QED) is 0.689. The minimum absolute atomic E-state index is 0.124. The maximum atomic E-state index is 11.4. The van der Waals surface area contributed by atoms with Gasteiger partial charge in [0.05, 0.1) is 19.8 Å². The number of thiophene rings is 1. The highest BCUT2D eigenvalue weighted by molar-refractivity contribution is 14.1. The Morgan fingerprint density at radius 3 is 2.95 bits per heavy atom. The Morgan fingerprint density at radius 1 is 1.53 bits per heavy atom. The van der Waals surface area contributed by atoms with Crippen molar-refractivity contribution < 1.29 is 9.90 Å². The third-order valence-electron chi connectivity index (χ3n) is 2.69. The molecule has 3 aromatic heterocycles. The first-order valence-electron chi connectivity index (χ1n) is 5.41. The molecule has 0 aromatic carbocycles. The lowest BCUT2D eigenvalue weighted by Crippen LogP contribution is -2.08. The summed E-state index contributed by atoms with van der Waals surface area (Å²) in [6.07, 6.45) is 0. The Balaban J connectivity index is 2.38. The van der Waals surface area contributed by atoms with Crippen molar-refractivity contribution in [2.24, 2.45) is 0 Å². The first kappa shape index (κ1) is 12.5. The molecule has 5 nitrogen and oxygen atoms in total. The molecule has 0 saturated carbocycles. The zero-order chi connectivity index (χ0) is 13.6. The molecule has 19 heavy (non-hydrogen) atoms. The van der Waals surface area contributed by atoms with Crippen LogP contribution >= 0.6 is 33.9 Å². The molecule has 0 saturated heterocycles. The van der Waals surface area contributed by atoms with Gasteiger partial charge in [0.25, 0.3) is 0 Å². The van der Waals surface area contributed by atoms with Gasteiger partial charge in [0, 0.05) is 0 Å². The summed E-state index contributed by atoms with van der Waals surface area (Å²) in [7, 11) is 0. The molecule has 0 aliphatic heterocycles. The number of aromatic carboxylic acids is 1. The van der Waals surface area contributed by atoms with Crippen LogP contribution in [0, 0.1) is 10.5 Å². The number of nitrogens with zero attached hydrogens (tertiary/aromatic N) is 3. The fourth-order valence-corrected chi connectivity index (χ4v) is 2.94. The Bertz CT molecular complexity index is 780. The van der Waals surface area contributed by atoms with Crippen molar-refractivity contribution in [1.82, 2.24) is 14.6 Å². The number of aromatic nitrogens is 3. The molecule has 96 valence electrons. The van der Waals surface area contributed by atoms with Crippen LogP contribution in [-0.4, -0.2) is 25.7 Å². The van der Waals surface area contributed by atoms with Crippen LogP contribution in [0.3, 0.4) is 0 Å². The van der Waals surface area contributed by atoms with Crippen LogP contribution in [0.5, 0.6) is 0 Å². The maximum Gasteiger partial charge on any atom is 0.354 e. The van der Waals surface area contributed by atoms with Crippen molar-refractivity contribution in [2.75, 3.05) is 0 Å². The summed E-state index contributed by atoms with van der Waals surface area (Å²) in [6.45, 7) is 1.84. The number of carboxylic acid groups (broad SMARTS) is 1. The molecule has 0 aliphatic rings. The lowest BCUT2D eigenvalue weighted by Gasteiger charge is -2.03. The molecule has 3 aromatic rings. The first-order chi connectivity index (χ1) is 9.08. The molecule has 3 rings (SSSR count). The van der Waals surface area contributed by atoms with Crippen molar-refractivity contribution in [2.45, 2.75) is 6.92 Å². The van der Waals surface area contributed by atoms with Crippen LogP contribution in [0.25, 0.3) is 16.2 Å². The van der Waals surface area contributed by atoms with E-state index >= 15 is 0 Å². The summed E-state index contributed by atoms with van der Waals surface area (Å²) in [4.78, 5) is 16.8. The summed E-state index contributed by atoms with van der Waals surface area (Å²) >= 11 is 3.67. The second kappa shape index (κ2) is 4.57. The molecule has 7 heteroatoms. The zero-order valence-electron chi connectivity index (χ0n) is 9.79. The van der Waals surface area contributed by atoms with Gasteiger partial charge in [-0.2, -0.15) is 5.10 Å². The van der Waals surface area contributed by atoms with Gasteiger partial charge < -0.3 is 5.11 Å². The van der Waals surface area contributed by atoms with Crippen LogP contribution in [0.4, 0.5) is 0 Å².